The van der Waals surface area contributed by atoms with Gasteiger partial charge in [-0.2, -0.15) is 13.2 Å². The molecule has 2 aromatic carbocycles. The topological polar surface area (TPSA) is 29.1 Å². The lowest BCUT2D eigenvalue weighted by Gasteiger charge is -2.13. The van der Waals surface area contributed by atoms with Crippen molar-refractivity contribution < 1.29 is 18.0 Å². The third kappa shape index (κ3) is 5.37. The molecule has 0 atom stereocenters. The molecule has 0 spiro atoms. The second kappa shape index (κ2) is 8.63. The summed E-state index contributed by atoms with van der Waals surface area (Å²) < 4.78 is 37.8. The monoisotopic (exact) mass is 415 g/mol. The average molecular weight is 416 g/mol. The minimum absolute atomic E-state index is 0.330. The maximum atomic E-state index is 12.5. The highest BCUT2D eigenvalue weighted by Crippen LogP contribution is 2.45. The van der Waals surface area contributed by atoms with Gasteiger partial charge >= 0.3 is 6.18 Å². The molecule has 0 unspecified atom stereocenters. The van der Waals surface area contributed by atoms with Crippen LogP contribution in [0.3, 0.4) is 0 Å². The first-order chi connectivity index (χ1) is 12.4. The lowest BCUT2D eigenvalue weighted by atomic mass is 10.1. The number of carbonyl (C=O) groups excluding carboxylic acids is 1. The lowest BCUT2D eigenvalue weighted by Crippen LogP contribution is -2.14. The van der Waals surface area contributed by atoms with Crippen LogP contribution in [0.4, 0.5) is 18.9 Å². The summed E-state index contributed by atoms with van der Waals surface area (Å²) in [4.78, 5) is 12.8. The van der Waals surface area contributed by atoms with Gasteiger partial charge in [-0.05, 0) is 29.8 Å². The van der Waals surface area contributed by atoms with E-state index in [1.807, 2.05) is 35.7 Å². The van der Waals surface area contributed by atoms with Crippen molar-refractivity contribution in [3.63, 3.8) is 0 Å². The summed E-state index contributed by atoms with van der Waals surface area (Å²) >= 11 is 4.44. The number of benzene rings is 2. The van der Waals surface area contributed by atoms with Crippen molar-refractivity contribution in [3.8, 4) is 0 Å². The number of hydrogen-bond acceptors (Lipinski definition) is 4. The van der Waals surface area contributed by atoms with Crippen LogP contribution in [0.1, 0.15) is 20.5 Å². The third-order valence-electron chi connectivity index (χ3n) is 3.59. The summed E-state index contributed by atoms with van der Waals surface area (Å²) in [6.07, 6.45) is -4.26. The molecule has 1 fully saturated rings. The third-order valence-corrected chi connectivity index (χ3v) is 7.84. The molecule has 138 valence electrons. The van der Waals surface area contributed by atoms with E-state index < -0.39 is 11.9 Å². The van der Waals surface area contributed by atoms with Crippen molar-refractivity contribution >= 4 is 46.9 Å². The summed E-state index contributed by atoms with van der Waals surface area (Å²) in [6.45, 7) is 0. The van der Waals surface area contributed by atoms with Crippen molar-refractivity contribution in [1.29, 1.82) is 0 Å². The van der Waals surface area contributed by atoms with Crippen LogP contribution < -0.4 is 5.32 Å². The molecule has 0 saturated carbocycles. The Kier molecular flexibility index (Phi) is 6.47. The molecular formula is C18H16F3NOS3. The van der Waals surface area contributed by atoms with E-state index in [4.69, 9.17) is 0 Å². The largest absolute Gasteiger partial charge is 0.398 e. The van der Waals surface area contributed by atoms with E-state index in [2.05, 4.69) is 5.32 Å². The van der Waals surface area contributed by atoms with Gasteiger partial charge in [-0.25, -0.2) is 0 Å². The number of nitrogens with one attached hydrogen (secondary N) is 1. The fourth-order valence-electron chi connectivity index (χ4n) is 2.39. The number of amides is 1. The maximum absolute atomic E-state index is 12.5. The Labute approximate surface area is 162 Å². The normalized spacial score (nSPS) is 15.2. The molecule has 3 rings (SSSR count). The molecule has 2 nitrogen and oxygen atoms in total. The highest BCUT2D eigenvalue weighted by atomic mass is 32.2. The van der Waals surface area contributed by atoms with Gasteiger partial charge in [0.05, 0.1) is 16.0 Å². The number of para-hydroxylation sites is 1. The first kappa shape index (κ1) is 19.5. The van der Waals surface area contributed by atoms with Crippen molar-refractivity contribution in [2.24, 2.45) is 0 Å². The van der Waals surface area contributed by atoms with Crippen molar-refractivity contribution in [2.45, 2.75) is 15.7 Å². The fraction of sp³-hybridized carbons (Fsp3) is 0.278. The number of anilines is 1. The highest BCUT2D eigenvalue weighted by Gasteiger charge is 2.27. The maximum Gasteiger partial charge on any atom is 0.398 e. The zero-order valence-corrected chi connectivity index (χ0v) is 16.0. The number of rotatable bonds is 5. The number of alkyl halides is 3. The van der Waals surface area contributed by atoms with Crippen LogP contribution in [0.25, 0.3) is 0 Å². The molecule has 0 radical (unpaired) electrons. The van der Waals surface area contributed by atoms with E-state index in [9.17, 15) is 18.0 Å². The van der Waals surface area contributed by atoms with Crippen LogP contribution in [0.2, 0.25) is 0 Å². The number of thioether (sulfide) groups is 3. The Bertz CT molecular complexity index is 759. The summed E-state index contributed by atoms with van der Waals surface area (Å²) in [5.74, 6) is 0.933. The van der Waals surface area contributed by atoms with Gasteiger partial charge in [0.25, 0.3) is 5.91 Å². The summed E-state index contributed by atoms with van der Waals surface area (Å²) in [6, 6.07) is 13.9. The van der Waals surface area contributed by atoms with E-state index in [1.165, 1.54) is 5.56 Å². The molecule has 0 bridgehead atoms. The van der Waals surface area contributed by atoms with Crippen LogP contribution >= 0.6 is 35.3 Å². The predicted octanol–water partition coefficient (Wildman–Crippen LogP) is 6.07. The molecule has 26 heavy (non-hydrogen) atoms. The quantitative estimate of drug-likeness (QED) is 0.600. The first-order valence-electron chi connectivity index (χ1n) is 7.85. The lowest BCUT2D eigenvalue weighted by molar-refractivity contribution is -0.105. The van der Waals surface area contributed by atoms with Crippen molar-refractivity contribution in [3.05, 3.63) is 59.7 Å². The van der Waals surface area contributed by atoms with Crippen LogP contribution in [0.5, 0.6) is 0 Å². The standard InChI is InChI=1S/C18H16F3NOS3/c19-18(20,21)11-26-15-4-2-1-3-14(15)22-16(23)12-5-7-13(8-6-12)17-24-9-10-25-17/h1-8,17H,9-11H2,(H,22,23). The number of hydrogen-bond donors (Lipinski definition) is 1. The van der Waals surface area contributed by atoms with Gasteiger partial charge < -0.3 is 5.32 Å². The first-order valence-corrected chi connectivity index (χ1v) is 10.9. The highest BCUT2D eigenvalue weighted by molar-refractivity contribution is 8.19. The molecule has 1 amide bonds. The van der Waals surface area contributed by atoms with Crippen LogP contribution in [-0.2, 0) is 0 Å². The number of carbonyl (C=O) groups is 1. The minimum atomic E-state index is -4.26. The molecule has 1 aliphatic heterocycles. The Morgan fingerprint density at radius 2 is 1.73 bits per heavy atom. The van der Waals surface area contributed by atoms with E-state index in [-0.39, 0.29) is 5.91 Å². The van der Waals surface area contributed by atoms with Gasteiger partial charge in [0.2, 0.25) is 0 Å². The average Bonchev–Trinajstić information content (AvgIpc) is 3.15. The van der Waals surface area contributed by atoms with Crippen LogP contribution in [-0.4, -0.2) is 29.3 Å². The van der Waals surface area contributed by atoms with Gasteiger partial charge in [-0.15, -0.1) is 35.3 Å². The van der Waals surface area contributed by atoms with Crippen molar-refractivity contribution in [1.82, 2.24) is 0 Å². The number of halogens is 3. The molecule has 1 heterocycles. The van der Waals surface area contributed by atoms with E-state index in [0.29, 0.717) is 32.5 Å². The van der Waals surface area contributed by atoms with E-state index >= 15 is 0 Å². The molecule has 0 aliphatic carbocycles. The summed E-state index contributed by atoms with van der Waals surface area (Å²) in [5, 5.41) is 2.71. The van der Waals surface area contributed by atoms with Gasteiger partial charge in [0, 0.05) is 22.0 Å². The van der Waals surface area contributed by atoms with E-state index in [1.54, 1.807) is 36.4 Å². The molecule has 1 saturated heterocycles. The summed E-state index contributed by atoms with van der Waals surface area (Å²) in [7, 11) is 0. The summed E-state index contributed by atoms with van der Waals surface area (Å²) in [5.41, 5.74) is 2.05. The molecule has 0 aromatic heterocycles. The Morgan fingerprint density at radius 3 is 2.38 bits per heavy atom. The second-order valence-electron chi connectivity index (χ2n) is 5.55. The Hall–Kier alpha value is -1.25. The Balaban J connectivity index is 1.68. The fourth-order valence-corrected chi connectivity index (χ4v) is 6.02. The molecule has 1 N–H and O–H groups in total. The second-order valence-corrected chi connectivity index (χ2v) is 9.29. The van der Waals surface area contributed by atoms with Crippen LogP contribution in [0, 0.1) is 0 Å². The van der Waals surface area contributed by atoms with Gasteiger partial charge in [-0.3, -0.25) is 4.79 Å². The zero-order chi connectivity index (χ0) is 18.6. The van der Waals surface area contributed by atoms with Crippen LogP contribution in [0.15, 0.2) is 53.4 Å². The molecular weight excluding hydrogens is 399 g/mol. The zero-order valence-electron chi connectivity index (χ0n) is 13.6. The Morgan fingerprint density at radius 1 is 1.08 bits per heavy atom. The smallest absolute Gasteiger partial charge is 0.321 e. The van der Waals surface area contributed by atoms with E-state index in [0.717, 1.165) is 11.5 Å². The van der Waals surface area contributed by atoms with Gasteiger partial charge in [0.1, 0.15) is 0 Å². The molecule has 8 heteroatoms. The predicted molar refractivity (Wildman–Crippen MR) is 105 cm³/mol. The SMILES string of the molecule is O=C(Nc1ccccc1SCC(F)(F)F)c1ccc(C2SCCS2)cc1. The minimum Gasteiger partial charge on any atom is -0.321 e. The van der Waals surface area contributed by atoms with Crippen molar-refractivity contribution in [2.75, 3.05) is 22.6 Å². The van der Waals surface area contributed by atoms with Gasteiger partial charge in [-0.1, -0.05) is 24.3 Å². The molecule has 2 aromatic rings. The van der Waals surface area contributed by atoms with Gasteiger partial charge in [0.15, 0.2) is 0 Å². The molecule has 1 aliphatic rings.